The summed E-state index contributed by atoms with van der Waals surface area (Å²) >= 11 is 0. The van der Waals surface area contributed by atoms with E-state index in [2.05, 4.69) is 11.4 Å². The van der Waals surface area contributed by atoms with E-state index in [0.29, 0.717) is 6.04 Å². The predicted molar refractivity (Wildman–Crippen MR) is 63.7 cm³/mol. The summed E-state index contributed by atoms with van der Waals surface area (Å²) in [5, 5.41) is 3.44. The van der Waals surface area contributed by atoms with E-state index < -0.39 is 0 Å². The lowest BCUT2D eigenvalue weighted by molar-refractivity contribution is -0.00588. The van der Waals surface area contributed by atoms with Gasteiger partial charge in [0.2, 0.25) is 0 Å². The third-order valence-corrected chi connectivity index (χ3v) is 2.55. The first-order valence-electron chi connectivity index (χ1n) is 5.81. The van der Waals surface area contributed by atoms with Gasteiger partial charge in [0.05, 0.1) is 25.4 Å². The van der Waals surface area contributed by atoms with Gasteiger partial charge in [-0.2, -0.15) is 0 Å². The van der Waals surface area contributed by atoms with Gasteiger partial charge >= 0.3 is 0 Å². The molecule has 2 rings (SSSR count). The molecule has 0 radical (unpaired) electrons. The Labute approximate surface area is 96.8 Å². The Balaban J connectivity index is 1.94. The van der Waals surface area contributed by atoms with Crippen LogP contribution in [0.15, 0.2) is 24.3 Å². The zero-order valence-corrected chi connectivity index (χ0v) is 9.90. The minimum atomic E-state index is 0.216. The summed E-state index contributed by atoms with van der Waals surface area (Å²) in [4.78, 5) is 0. The highest BCUT2D eigenvalue weighted by Gasteiger charge is 2.17. The fourth-order valence-corrected chi connectivity index (χ4v) is 1.63. The average Bonchev–Trinajstić information content (AvgIpc) is 2.17. The molecule has 0 amide bonds. The van der Waals surface area contributed by atoms with Gasteiger partial charge in [0.15, 0.2) is 0 Å². The normalized spacial score (nSPS) is 16.2. The van der Waals surface area contributed by atoms with Crippen molar-refractivity contribution in [2.24, 2.45) is 0 Å². The highest BCUT2D eigenvalue weighted by molar-refractivity contribution is 5.33. The Morgan fingerprint density at radius 2 is 2.12 bits per heavy atom. The monoisotopic (exact) mass is 221 g/mol. The molecular weight excluding hydrogens is 202 g/mol. The minimum absolute atomic E-state index is 0.216. The van der Waals surface area contributed by atoms with Crippen molar-refractivity contribution < 1.29 is 9.47 Å². The van der Waals surface area contributed by atoms with E-state index >= 15 is 0 Å². The number of para-hydroxylation sites is 1. The second-order valence-electron chi connectivity index (χ2n) is 4.39. The molecule has 16 heavy (non-hydrogen) atoms. The van der Waals surface area contributed by atoms with E-state index in [1.807, 2.05) is 32.0 Å². The summed E-state index contributed by atoms with van der Waals surface area (Å²) in [7, 11) is 0. The van der Waals surface area contributed by atoms with Crippen molar-refractivity contribution in [2.75, 3.05) is 13.2 Å². The lowest BCUT2D eigenvalue weighted by Gasteiger charge is -2.27. The molecule has 1 aliphatic rings. The molecule has 0 aromatic heterocycles. The third-order valence-electron chi connectivity index (χ3n) is 2.55. The van der Waals surface area contributed by atoms with Gasteiger partial charge in [0.1, 0.15) is 5.75 Å². The van der Waals surface area contributed by atoms with Crippen LogP contribution in [0.5, 0.6) is 5.75 Å². The molecule has 0 atom stereocenters. The smallest absolute Gasteiger partial charge is 0.124 e. The van der Waals surface area contributed by atoms with Crippen molar-refractivity contribution in [3.63, 3.8) is 0 Å². The minimum Gasteiger partial charge on any atom is -0.491 e. The van der Waals surface area contributed by atoms with Crippen molar-refractivity contribution in [2.45, 2.75) is 32.5 Å². The maximum atomic E-state index is 5.76. The summed E-state index contributed by atoms with van der Waals surface area (Å²) < 4.78 is 10.9. The lowest BCUT2D eigenvalue weighted by atomic mass is 10.1. The Morgan fingerprint density at radius 1 is 1.38 bits per heavy atom. The molecule has 1 saturated heterocycles. The van der Waals surface area contributed by atoms with Crippen LogP contribution in [0.2, 0.25) is 0 Å². The summed E-state index contributed by atoms with van der Waals surface area (Å²) in [5.41, 5.74) is 1.21. The molecule has 0 bridgehead atoms. The zero-order chi connectivity index (χ0) is 11.4. The van der Waals surface area contributed by atoms with Crippen molar-refractivity contribution in [1.29, 1.82) is 0 Å². The van der Waals surface area contributed by atoms with Crippen LogP contribution in [0.25, 0.3) is 0 Å². The van der Waals surface area contributed by atoms with E-state index in [4.69, 9.17) is 9.47 Å². The van der Waals surface area contributed by atoms with E-state index in [1.54, 1.807) is 0 Å². The van der Waals surface area contributed by atoms with Crippen LogP contribution < -0.4 is 10.1 Å². The summed E-state index contributed by atoms with van der Waals surface area (Å²) in [6.45, 7) is 6.59. The molecular formula is C13H19NO2. The maximum Gasteiger partial charge on any atom is 0.124 e. The van der Waals surface area contributed by atoms with Crippen LogP contribution in [0, 0.1) is 0 Å². The Hall–Kier alpha value is -1.06. The Bertz CT molecular complexity index is 334. The molecule has 1 aliphatic heterocycles. The van der Waals surface area contributed by atoms with Crippen molar-refractivity contribution >= 4 is 0 Å². The number of nitrogens with one attached hydrogen (secondary N) is 1. The first-order valence-corrected chi connectivity index (χ1v) is 5.81. The first-order chi connectivity index (χ1) is 7.75. The predicted octanol–water partition coefficient (Wildman–Crippen LogP) is 1.96. The fourth-order valence-electron chi connectivity index (χ4n) is 1.63. The second kappa shape index (κ2) is 5.32. The average molecular weight is 221 g/mol. The number of ether oxygens (including phenoxy) is 2. The highest BCUT2D eigenvalue weighted by atomic mass is 16.5. The van der Waals surface area contributed by atoms with Gasteiger partial charge < -0.3 is 14.8 Å². The Morgan fingerprint density at radius 3 is 2.75 bits per heavy atom. The molecule has 1 aromatic carbocycles. The van der Waals surface area contributed by atoms with Crippen molar-refractivity contribution in [3.05, 3.63) is 29.8 Å². The number of benzene rings is 1. The standard InChI is InChI=1S/C13H19NO2/c1-10(2)16-13-6-4-3-5-11(13)7-14-12-8-15-9-12/h3-6,10,12,14H,7-9H2,1-2H3. The quantitative estimate of drug-likeness (QED) is 0.824. The van der Waals surface area contributed by atoms with Gasteiger partial charge in [-0.1, -0.05) is 18.2 Å². The maximum absolute atomic E-state index is 5.76. The van der Waals surface area contributed by atoms with Crippen LogP contribution in [-0.4, -0.2) is 25.4 Å². The van der Waals surface area contributed by atoms with E-state index in [-0.39, 0.29) is 6.10 Å². The van der Waals surface area contributed by atoms with Crippen LogP contribution >= 0.6 is 0 Å². The molecule has 0 aliphatic carbocycles. The van der Waals surface area contributed by atoms with Crippen LogP contribution in [-0.2, 0) is 11.3 Å². The van der Waals surface area contributed by atoms with E-state index in [9.17, 15) is 0 Å². The fraction of sp³-hybridized carbons (Fsp3) is 0.538. The molecule has 1 aromatic rings. The third kappa shape index (κ3) is 2.97. The van der Waals surface area contributed by atoms with Gasteiger partial charge in [-0.05, 0) is 19.9 Å². The molecule has 0 saturated carbocycles. The van der Waals surface area contributed by atoms with Gasteiger partial charge in [-0.3, -0.25) is 0 Å². The number of hydrogen-bond donors (Lipinski definition) is 1. The molecule has 88 valence electrons. The second-order valence-corrected chi connectivity index (χ2v) is 4.39. The summed E-state index contributed by atoms with van der Waals surface area (Å²) in [6.07, 6.45) is 0.216. The molecule has 1 fully saturated rings. The molecule has 0 spiro atoms. The molecule has 3 nitrogen and oxygen atoms in total. The van der Waals surface area contributed by atoms with Crippen molar-refractivity contribution in [3.8, 4) is 5.75 Å². The van der Waals surface area contributed by atoms with Gasteiger partial charge in [-0.25, -0.2) is 0 Å². The van der Waals surface area contributed by atoms with E-state index in [0.717, 1.165) is 25.5 Å². The molecule has 1 N–H and O–H groups in total. The van der Waals surface area contributed by atoms with E-state index in [1.165, 1.54) is 5.56 Å². The zero-order valence-electron chi connectivity index (χ0n) is 9.90. The number of rotatable bonds is 5. The highest BCUT2D eigenvalue weighted by Crippen LogP contribution is 2.19. The largest absolute Gasteiger partial charge is 0.491 e. The van der Waals surface area contributed by atoms with Gasteiger partial charge in [0, 0.05) is 12.1 Å². The van der Waals surface area contributed by atoms with Crippen LogP contribution in [0.1, 0.15) is 19.4 Å². The molecule has 1 heterocycles. The molecule has 0 unspecified atom stereocenters. The summed E-state index contributed by atoms with van der Waals surface area (Å²) in [5.74, 6) is 0.977. The van der Waals surface area contributed by atoms with Crippen LogP contribution in [0.3, 0.4) is 0 Å². The first kappa shape index (κ1) is 11.4. The van der Waals surface area contributed by atoms with Gasteiger partial charge in [-0.15, -0.1) is 0 Å². The topological polar surface area (TPSA) is 30.5 Å². The number of hydrogen-bond acceptors (Lipinski definition) is 3. The van der Waals surface area contributed by atoms with Crippen molar-refractivity contribution in [1.82, 2.24) is 5.32 Å². The van der Waals surface area contributed by atoms with Crippen LogP contribution in [0.4, 0.5) is 0 Å². The Kier molecular flexibility index (Phi) is 3.80. The summed E-state index contributed by atoms with van der Waals surface area (Å²) in [6, 6.07) is 8.68. The lowest BCUT2D eigenvalue weighted by Crippen LogP contribution is -2.45. The SMILES string of the molecule is CC(C)Oc1ccccc1CNC1COC1. The molecule has 3 heteroatoms. The van der Waals surface area contributed by atoms with Gasteiger partial charge in [0.25, 0.3) is 0 Å².